The van der Waals surface area contributed by atoms with Crippen molar-refractivity contribution in [1.29, 1.82) is 0 Å². The molecule has 0 unspecified atom stereocenters. The number of amides is 1. The van der Waals surface area contributed by atoms with Crippen LogP contribution in [0.1, 0.15) is 59.2 Å². The predicted molar refractivity (Wildman–Crippen MR) is 132 cm³/mol. The number of carbonyl (C=O) groups is 1. The molecule has 7 nitrogen and oxygen atoms in total. The third kappa shape index (κ3) is 5.15. The number of pyridine rings is 2. The van der Waals surface area contributed by atoms with Crippen LogP contribution in [0.4, 0.5) is 0 Å². The number of aromatic amines is 1. The molecule has 3 aromatic heterocycles. The molecular formula is C27H30N6O. The summed E-state index contributed by atoms with van der Waals surface area (Å²) >= 11 is 0. The van der Waals surface area contributed by atoms with Crippen LogP contribution in [-0.2, 0) is 13.0 Å². The van der Waals surface area contributed by atoms with E-state index in [2.05, 4.69) is 32.3 Å². The Labute approximate surface area is 199 Å². The third-order valence-corrected chi connectivity index (χ3v) is 6.48. The summed E-state index contributed by atoms with van der Waals surface area (Å²) in [5, 5.41) is 3.01. The normalized spacial score (nSPS) is 15.4. The summed E-state index contributed by atoms with van der Waals surface area (Å²) in [4.78, 5) is 31.9. The van der Waals surface area contributed by atoms with E-state index in [1.165, 1.54) is 17.7 Å². The van der Waals surface area contributed by atoms with E-state index in [-0.39, 0.29) is 11.9 Å². The number of nitrogens with one attached hydrogen (secondary N) is 2. The van der Waals surface area contributed by atoms with Crippen molar-refractivity contribution in [3.8, 4) is 0 Å². The van der Waals surface area contributed by atoms with Crippen LogP contribution in [0.3, 0.4) is 0 Å². The van der Waals surface area contributed by atoms with E-state index in [4.69, 9.17) is 9.97 Å². The van der Waals surface area contributed by atoms with E-state index in [0.717, 1.165) is 55.6 Å². The minimum Gasteiger partial charge on any atom is -0.352 e. The summed E-state index contributed by atoms with van der Waals surface area (Å²) in [7, 11) is 0. The van der Waals surface area contributed by atoms with Gasteiger partial charge >= 0.3 is 0 Å². The lowest BCUT2D eigenvalue weighted by molar-refractivity contribution is 0.0951. The molecule has 0 aliphatic heterocycles. The van der Waals surface area contributed by atoms with Crippen molar-refractivity contribution in [3.05, 3.63) is 89.8 Å². The van der Waals surface area contributed by atoms with Crippen molar-refractivity contribution in [3.63, 3.8) is 0 Å². The van der Waals surface area contributed by atoms with Crippen LogP contribution in [0.2, 0.25) is 0 Å². The molecule has 174 valence electrons. The zero-order chi connectivity index (χ0) is 23.2. The standard InChI is InChI=1S/C27H30N6O/c34-27(21-10-6-14-28-18-21)30-15-3-4-17-33(19-25-31-22-11-1-2-12-23(22)32-25)24-13-5-8-20-9-7-16-29-26(20)24/h1-2,6-7,9-12,14,16,18,24H,3-5,8,13,15,17,19H2,(H,30,34)(H,31,32)/t24-/m0/s1. The Morgan fingerprint density at radius 3 is 2.88 bits per heavy atom. The first-order chi connectivity index (χ1) is 16.8. The minimum absolute atomic E-state index is 0.0716. The number of rotatable bonds is 9. The molecule has 1 aromatic carbocycles. The number of unbranched alkanes of at least 4 members (excludes halogenated alkanes) is 1. The van der Waals surface area contributed by atoms with E-state index < -0.39 is 0 Å². The summed E-state index contributed by atoms with van der Waals surface area (Å²) in [5.41, 5.74) is 5.22. The van der Waals surface area contributed by atoms with Gasteiger partial charge in [-0.2, -0.15) is 0 Å². The Hall–Kier alpha value is -3.58. The molecule has 4 aromatic rings. The molecular weight excluding hydrogens is 424 g/mol. The molecule has 1 atom stereocenters. The first-order valence-electron chi connectivity index (χ1n) is 12.1. The Balaban J connectivity index is 1.25. The molecule has 0 saturated heterocycles. The van der Waals surface area contributed by atoms with Crippen molar-refractivity contribution in [2.24, 2.45) is 0 Å². The maximum atomic E-state index is 12.3. The highest BCUT2D eigenvalue weighted by Gasteiger charge is 2.27. The number of carbonyl (C=O) groups excluding carboxylic acids is 1. The number of hydrogen-bond acceptors (Lipinski definition) is 5. The van der Waals surface area contributed by atoms with Crippen LogP contribution in [-0.4, -0.2) is 43.8 Å². The van der Waals surface area contributed by atoms with Gasteiger partial charge in [-0.3, -0.25) is 19.7 Å². The van der Waals surface area contributed by atoms with Gasteiger partial charge in [-0.25, -0.2) is 4.98 Å². The fraction of sp³-hybridized carbons (Fsp3) is 0.333. The van der Waals surface area contributed by atoms with E-state index in [9.17, 15) is 4.79 Å². The van der Waals surface area contributed by atoms with Crippen molar-refractivity contribution >= 4 is 16.9 Å². The molecule has 1 aliphatic carbocycles. The molecule has 0 bridgehead atoms. The van der Waals surface area contributed by atoms with Gasteiger partial charge in [0.2, 0.25) is 0 Å². The summed E-state index contributed by atoms with van der Waals surface area (Å²) in [6, 6.07) is 16.3. The minimum atomic E-state index is -0.0716. The molecule has 1 aliphatic rings. The summed E-state index contributed by atoms with van der Waals surface area (Å²) < 4.78 is 0. The summed E-state index contributed by atoms with van der Waals surface area (Å²) in [5.74, 6) is 0.909. The number of hydrogen-bond donors (Lipinski definition) is 2. The monoisotopic (exact) mass is 454 g/mol. The van der Waals surface area contributed by atoms with Crippen molar-refractivity contribution in [2.45, 2.75) is 44.7 Å². The average Bonchev–Trinajstić information content (AvgIpc) is 3.30. The molecule has 0 saturated carbocycles. The highest BCUT2D eigenvalue weighted by atomic mass is 16.1. The number of fused-ring (bicyclic) bond motifs is 2. The molecule has 34 heavy (non-hydrogen) atoms. The molecule has 2 N–H and O–H groups in total. The Morgan fingerprint density at radius 1 is 1.09 bits per heavy atom. The molecule has 0 radical (unpaired) electrons. The quantitative estimate of drug-likeness (QED) is 0.365. The van der Waals surface area contributed by atoms with E-state index in [1.54, 1.807) is 24.5 Å². The van der Waals surface area contributed by atoms with Gasteiger partial charge in [-0.15, -0.1) is 0 Å². The predicted octanol–water partition coefficient (Wildman–Crippen LogP) is 4.44. The second kappa shape index (κ2) is 10.6. The van der Waals surface area contributed by atoms with E-state index in [0.29, 0.717) is 12.1 Å². The van der Waals surface area contributed by atoms with Crippen LogP contribution < -0.4 is 5.32 Å². The number of imidazole rings is 1. The molecule has 0 fully saturated rings. The lowest BCUT2D eigenvalue weighted by Gasteiger charge is -2.34. The second-order valence-corrected chi connectivity index (χ2v) is 8.83. The third-order valence-electron chi connectivity index (χ3n) is 6.48. The van der Waals surface area contributed by atoms with Gasteiger partial charge in [0.05, 0.1) is 34.9 Å². The maximum Gasteiger partial charge on any atom is 0.252 e. The summed E-state index contributed by atoms with van der Waals surface area (Å²) in [6.07, 6.45) is 10.4. The smallest absolute Gasteiger partial charge is 0.252 e. The van der Waals surface area contributed by atoms with Crippen molar-refractivity contribution in [1.82, 2.24) is 30.2 Å². The number of aromatic nitrogens is 4. The Morgan fingerprint density at radius 2 is 2.00 bits per heavy atom. The topological polar surface area (TPSA) is 86.8 Å². The van der Waals surface area contributed by atoms with Crippen LogP contribution >= 0.6 is 0 Å². The Bertz CT molecular complexity index is 1210. The van der Waals surface area contributed by atoms with Gasteiger partial charge in [-0.1, -0.05) is 18.2 Å². The van der Waals surface area contributed by atoms with Gasteiger partial charge in [0.15, 0.2) is 0 Å². The SMILES string of the molecule is O=C(NCCCCN(Cc1nc2ccccc2[nH]1)[C@H]1CCCc2cccnc21)c1cccnc1. The van der Waals surface area contributed by atoms with Gasteiger partial charge in [0, 0.05) is 25.1 Å². The average molecular weight is 455 g/mol. The molecule has 7 heteroatoms. The Kier molecular flexibility index (Phi) is 6.91. The van der Waals surface area contributed by atoms with Crippen LogP contribution in [0.15, 0.2) is 67.1 Å². The first kappa shape index (κ1) is 22.2. The van der Waals surface area contributed by atoms with Crippen LogP contribution in [0.5, 0.6) is 0 Å². The highest BCUT2D eigenvalue weighted by Crippen LogP contribution is 2.33. The van der Waals surface area contributed by atoms with Crippen LogP contribution in [0.25, 0.3) is 11.0 Å². The number of aryl methyl sites for hydroxylation is 1. The zero-order valence-electron chi connectivity index (χ0n) is 19.3. The lowest BCUT2D eigenvalue weighted by atomic mass is 9.90. The van der Waals surface area contributed by atoms with Crippen LogP contribution in [0, 0.1) is 0 Å². The van der Waals surface area contributed by atoms with Crippen molar-refractivity contribution < 1.29 is 4.79 Å². The lowest BCUT2D eigenvalue weighted by Crippen LogP contribution is -2.33. The number of para-hydroxylation sites is 2. The molecule has 3 heterocycles. The maximum absolute atomic E-state index is 12.3. The van der Waals surface area contributed by atoms with Gasteiger partial charge in [0.1, 0.15) is 5.82 Å². The second-order valence-electron chi connectivity index (χ2n) is 8.83. The number of benzene rings is 1. The van der Waals surface area contributed by atoms with E-state index >= 15 is 0 Å². The largest absolute Gasteiger partial charge is 0.352 e. The highest BCUT2D eigenvalue weighted by molar-refractivity contribution is 5.93. The number of H-pyrrole nitrogens is 1. The molecule has 0 spiro atoms. The van der Waals surface area contributed by atoms with Gasteiger partial charge in [0.25, 0.3) is 5.91 Å². The van der Waals surface area contributed by atoms with Gasteiger partial charge < -0.3 is 10.3 Å². The first-order valence-corrected chi connectivity index (χ1v) is 12.1. The molecule has 1 amide bonds. The fourth-order valence-corrected chi connectivity index (χ4v) is 4.80. The fourth-order valence-electron chi connectivity index (χ4n) is 4.80. The zero-order valence-corrected chi connectivity index (χ0v) is 19.3. The van der Waals surface area contributed by atoms with Gasteiger partial charge in [-0.05, 0) is 74.5 Å². The number of nitrogens with zero attached hydrogens (tertiary/aromatic N) is 4. The van der Waals surface area contributed by atoms with E-state index in [1.807, 2.05) is 30.5 Å². The molecule has 5 rings (SSSR count). The summed E-state index contributed by atoms with van der Waals surface area (Å²) in [6.45, 7) is 2.31. The van der Waals surface area contributed by atoms with Crippen molar-refractivity contribution in [2.75, 3.05) is 13.1 Å².